The van der Waals surface area contributed by atoms with Gasteiger partial charge in [0.15, 0.2) is 0 Å². The van der Waals surface area contributed by atoms with Gasteiger partial charge in [-0.3, -0.25) is 4.79 Å². The molecule has 0 aliphatic rings. The van der Waals surface area contributed by atoms with Crippen molar-refractivity contribution < 1.29 is 14.3 Å². The lowest BCUT2D eigenvalue weighted by Gasteiger charge is -2.18. The molecular weight excluding hydrogens is 438 g/mol. The first kappa shape index (κ1) is 24.3. The van der Waals surface area contributed by atoms with Crippen molar-refractivity contribution in [1.82, 2.24) is 14.9 Å². The number of fused-ring (bicyclic) bond motifs is 1. The third kappa shape index (κ3) is 5.48. The van der Waals surface area contributed by atoms with E-state index >= 15 is 0 Å². The van der Waals surface area contributed by atoms with E-state index < -0.39 is 0 Å². The van der Waals surface area contributed by atoms with Gasteiger partial charge in [-0.25, -0.2) is 4.98 Å². The highest BCUT2D eigenvalue weighted by molar-refractivity contribution is 5.97. The fourth-order valence-electron chi connectivity index (χ4n) is 4.32. The smallest absolute Gasteiger partial charge is 0.255 e. The van der Waals surface area contributed by atoms with Gasteiger partial charge in [-0.1, -0.05) is 56.3 Å². The van der Waals surface area contributed by atoms with Gasteiger partial charge in [-0.05, 0) is 55.2 Å². The standard InChI is InChI=1S/C29H33N3O3/c1-20(2)22-12-5-10-17-27(22)35-19-11-18-32-25-15-8-7-14-24(25)31-28(32)21(3)30-29(33)23-13-6-9-16-26(23)34-4/h5-10,12-17,20-21H,11,18-19H2,1-4H3,(H,30,33). The molecule has 0 saturated heterocycles. The molecule has 1 unspecified atom stereocenters. The number of aromatic nitrogens is 2. The maximum atomic E-state index is 13.0. The van der Waals surface area contributed by atoms with E-state index in [4.69, 9.17) is 14.5 Å². The molecule has 0 aliphatic heterocycles. The first-order valence-electron chi connectivity index (χ1n) is 12.1. The largest absolute Gasteiger partial charge is 0.496 e. The Kier molecular flexibility index (Phi) is 7.70. The summed E-state index contributed by atoms with van der Waals surface area (Å²) in [5, 5.41) is 3.09. The SMILES string of the molecule is COc1ccccc1C(=O)NC(C)c1nc2ccccc2n1CCCOc1ccccc1C(C)C. The molecule has 182 valence electrons. The third-order valence-corrected chi connectivity index (χ3v) is 6.10. The van der Waals surface area contributed by atoms with Crippen molar-refractivity contribution >= 4 is 16.9 Å². The molecule has 3 aromatic carbocycles. The summed E-state index contributed by atoms with van der Waals surface area (Å²) in [4.78, 5) is 17.8. The van der Waals surface area contributed by atoms with Crippen LogP contribution in [0.4, 0.5) is 0 Å². The highest BCUT2D eigenvalue weighted by Gasteiger charge is 2.20. The van der Waals surface area contributed by atoms with Gasteiger partial charge in [0.25, 0.3) is 5.91 Å². The van der Waals surface area contributed by atoms with E-state index in [0.29, 0.717) is 23.8 Å². The zero-order chi connectivity index (χ0) is 24.8. The summed E-state index contributed by atoms with van der Waals surface area (Å²) in [6.07, 6.45) is 0.812. The van der Waals surface area contributed by atoms with Crippen molar-refractivity contribution in [3.05, 3.63) is 89.7 Å². The number of methoxy groups -OCH3 is 1. The number of amides is 1. The van der Waals surface area contributed by atoms with Crippen LogP contribution in [0.5, 0.6) is 11.5 Å². The number of carbonyl (C=O) groups is 1. The lowest BCUT2D eigenvalue weighted by molar-refractivity contribution is 0.0934. The number of nitrogens with zero attached hydrogens (tertiary/aromatic N) is 2. The molecule has 0 aliphatic carbocycles. The van der Waals surface area contributed by atoms with Crippen LogP contribution in [0.2, 0.25) is 0 Å². The Labute approximate surface area is 206 Å². The Hall–Kier alpha value is -3.80. The summed E-state index contributed by atoms with van der Waals surface area (Å²) in [6, 6.07) is 23.2. The van der Waals surface area contributed by atoms with E-state index in [2.05, 4.69) is 35.9 Å². The van der Waals surface area contributed by atoms with Crippen LogP contribution in [0.25, 0.3) is 11.0 Å². The number of hydrogen-bond acceptors (Lipinski definition) is 4. The number of carbonyl (C=O) groups excluding carboxylic acids is 1. The molecule has 0 bridgehead atoms. The monoisotopic (exact) mass is 471 g/mol. The van der Waals surface area contributed by atoms with Crippen LogP contribution in [0.1, 0.15) is 60.9 Å². The molecule has 6 nitrogen and oxygen atoms in total. The van der Waals surface area contributed by atoms with Crippen LogP contribution in [-0.2, 0) is 6.54 Å². The Morgan fingerprint density at radius 2 is 1.63 bits per heavy atom. The van der Waals surface area contributed by atoms with Crippen molar-refractivity contribution in [1.29, 1.82) is 0 Å². The number of nitrogens with one attached hydrogen (secondary N) is 1. The van der Waals surface area contributed by atoms with Gasteiger partial charge in [0.1, 0.15) is 17.3 Å². The number of para-hydroxylation sites is 4. The lowest BCUT2D eigenvalue weighted by Crippen LogP contribution is -2.29. The van der Waals surface area contributed by atoms with Gasteiger partial charge < -0.3 is 19.4 Å². The molecule has 35 heavy (non-hydrogen) atoms. The fourth-order valence-corrected chi connectivity index (χ4v) is 4.32. The zero-order valence-corrected chi connectivity index (χ0v) is 20.8. The summed E-state index contributed by atoms with van der Waals surface area (Å²) in [5.41, 5.74) is 3.67. The Balaban J connectivity index is 1.50. The molecule has 1 atom stereocenters. The first-order valence-corrected chi connectivity index (χ1v) is 12.1. The number of aryl methyl sites for hydroxylation is 1. The van der Waals surface area contributed by atoms with E-state index in [1.54, 1.807) is 19.2 Å². The van der Waals surface area contributed by atoms with Crippen molar-refractivity contribution in [3.63, 3.8) is 0 Å². The van der Waals surface area contributed by atoms with E-state index in [1.807, 2.05) is 55.5 Å². The molecule has 4 rings (SSSR count). The summed E-state index contributed by atoms with van der Waals surface area (Å²) in [6.45, 7) is 7.63. The van der Waals surface area contributed by atoms with Crippen molar-refractivity contribution in [2.24, 2.45) is 0 Å². The van der Waals surface area contributed by atoms with Crippen LogP contribution in [0.3, 0.4) is 0 Å². The second kappa shape index (κ2) is 11.1. The molecular formula is C29H33N3O3. The van der Waals surface area contributed by atoms with Gasteiger partial charge in [-0.2, -0.15) is 0 Å². The summed E-state index contributed by atoms with van der Waals surface area (Å²) in [5.74, 6) is 2.52. The molecule has 1 amide bonds. The number of benzene rings is 3. The van der Waals surface area contributed by atoms with Gasteiger partial charge in [0.05, 0.1) is 36.4 Å². The Bertz CT molecular complexity index is 1300. The average molecular weight is 472 g/mol. The van der Waals surface area contributed by atoms with Gasteiger partial charge in [0, 0.05) is 6.54 Å². The summed E-state index contributed by atoms with van der Waals surface area (Å²) < 4.78 is 13.7. The molecule has 0 fully saturated rings. The maximum absolute atomic E-state index is 13.0. The van der Waals surface area contributed by atoms with Crippen LogP contribution in [0.15, 0.2) is 72.8 Å². The zero-order valence-electron chi connectivity index (χ0n) is 20.8. The quantitative estimate of drug-likeness (QED) is 0.283. The minimum Gasteiger partial charge on any atom is -0.496 e. The molecule has 6 heteroatoms. The topological polar surface area (TPSA) is 65.4 Å². The number of ether oxygens (including phenoxy) is 2. The molecule has 1 N–H and O–H groups in total. The second-order valence-electron chi connectivity index (χ2n) is 8.90. The normalized spacial score (nSPS) is 12.0. The number of imidazole rings is 1. The maximum Gasteiger partial charge on any atom is 0.255 e. The molecule has 4 aromatic rings. The molecule has 0 spiro atoms. The highest BCUT2D eigenvalue weighted by atomic mass is 16.5. The summed E-state index contributed by atoms with van der Waals surface area (Å²) >= 11 is 0. The third-order valence-electron chi connectivity index (χ3n) is 6.10. The van der Waals surface area contributed by atoms with Crippen molar-refractivity contribution in [3.8, 4) is 11.5 Å². The van der Waals surface area contributed by atoms with E-state index in [-0.39, 0.29) is 11.9 Å². The predicted molar refractivity (Wildman–Crippen MR) is 139 cm³/mol. The minimum atomic E-state index is -0.289. The first-order chi connectivity index (χ1) is 17.0. The number of rotatable bonds is 10. The van der Waals surface area contributed by atoms with Crippen LogP contribution in [0, 0.1) is 0 Å². The van der Waals surface area contributed by atoms with Gasteiger partial charge >= 0.3 is 0 Å². The minimum absolute atomic E-state index is 0.192. The van der Waals surface area contributed by atoms with Crippen LogP contribution in [-0.4, -0.2) is 29.2 Å². The molecule has 1 aromatic heterocycles. The molecule has 0 saturated carbocycles. The second-order valence-corrected chi connectivity index (χ2v) is 8.90. The number of hydrogen-bond donors (Lipinski definition) is 1. The van der Waals surface area contributed by atoms with E-state index in [1.165, 1.54) is 5.56 Å². The van der Waals surface area contributed by atoms with Gasteiger partial charge in [0.2, 0.25) is 0 Å². The lowest BCUT2D eigenvalue weighted by atomic mass is 10.0. The van der Waals surface area contributed by atoms with Crippen LogP contribution < -0.4 is 14.8 Å². The van der Waals surface area contributed by atoms with Crippen LogP contribution >= 0.6 is 0 Å². The Morgan fingerprint density at radius 1 is 0.943 bits per heavy atom. The van der Waals surface area contributed by atoms with Gasteiger partial charge in [-0.15, -0.1) is 0 Å². The van der Waals surface area contributed by atoms with E-state index in [9.17, 15) is 4.79 Å². The highest BCUT2D eigenvalue weighted by Crippen LogP contribution is 2.27. The Morgan fingerprint density at radius 3 is 2.40 bits per heavy atom. The molecule has 1 heterocycles. The predicted octanol–water partition coefficient (Wildman–Crippen LogP) is 6.13. The average Bonchev–Trinajstić information content (AvgIpc) is 3.25. The van der Waals surface area contributed by atoms with Crippen molar-refractivity contribution in [2.45, 2.75) is 45.7 Å². The summed E-state index contributed by atoms with van der Waals surface area (Å²) in [7, 11) is 1.57. The van der Waals surface area contributed by atoms with Crippen molar-refractivity contribution in [2.75, 3.05) is 13.7 Å². The molecule has 0 radical (unpaired) electrons. The fraction of sp³-hybridized carbons (Fsp3) is 0.310. The van der Waals surface area contributed by atoms with E-state index in [0.717, 1.165) is 35.6 Å².